The number of anilines is 1. The zero-order valence-corrected chi connectivity index (χ0v) is 17.1. The second-order valence-electron chi connectivity index (χ2n) is 5.76. The number of halogens is 1. The molecule has 0 unspecified atom stereocenters. The van der Waals surface area contributed by atoms with Crippen LogP contribution < -0.4 is 10.1 Å². The van der Waals surface area contributed by atoms with Crippen molar-refractivity contribution in [3.63, 3.8) is 0 Å². The molecule has 0 aliphatic rings. The highest BCUT2D eigenvalue weighted by atomic mass is 35.5. The Hall–Kier alpha value is -3.00. The molecule has 0 fully saturated rings. The van der Waals surface area contributed by atoms with Crippen molar-refractivity contribution >= 4 is 35.3 Å². The lowest BCUT2D eigenvalue weighted by Gasteiger charge is -2.08. The fourth-order valence-electron chi connectivity index (χ4n) is 2.48. The Morgan fingerprint density at radius 2 is 1.66 bits per heavy atom. The zero-order valence-electron chi connectivity index (χ0n) is 16.4. The first-order valence-electron chi connectivity index (χ1n) is 9.03. The van der Waals surface area contributed by atoms with Gasteiger partial charge < -0.3 is 18.6 Å². The number of rotatable bonds is 9. The van der Waals surface area contributed by atoms with Gasteiger partial charge in [-0.15, -0.1) is 0 Å². The summed E-state index contributed by atoms with van der Waals surface area (Å²) in [6.45, 7) is 5.01. The minimum absolute atomic E-state index is 0.0397. The molecule has 8 nitrogen and oxygen atoms in total. The number of para-hydroxylation sites is 1. The summed E-state index contributed by atoms with van der Waals surface area (Å²) in [5.74, 6) is -1.60. The van der Waals surface area contributed by atoms with Crippen LogP contribution in [-0.2, 0) is 14.3 Å². The van der Waals surface area contributed by atoms with E-state index in [1.165, 1.54) is 6.92 Å². The van der Waals surface area contributed by atoms with Crippen molar-refractivity contribution in [3.8, 4) is 5.75 Å². The lowest BCUT2D eigenvalue weighted by Crippen LogP contribution is -2.19. The molecule has 0 radical (unpaired) electrons. The summed E-state index contributed by atoms with van der Waals surface area (Å²) < 4.78 is 20.9. The van der Waals surface area contributed by atoms with Crippen LogP contribution in [0, 0.1) is 6.92 Å². The van der Waals surface area contributed by atoms with E-state index in [4.69, 9.17) is 30.2 Å². The molecule has 1 heterocycles. The Labute approximate surface area is 173 Å². The van der Waals surface area contributed by atoms with Crippen molar-refractivity contribution in [3.05, 3.63) is 46.2 Å². The van der Waals surface area contributed by atoms with E-state index in [1.54, 1.807) is 38.1 Å². The maximum atomic E-state index is 12.3. The second kappa shape index (κ2) is 10.5. The number of carbonyl (C=O) groups is 3. The van der Waals surface area contributed by atoms with Crippen LogP contribution in [0.4, 0.5) is 5.88 Å². The number of furan rings is 1. The third-order valence-electron chi connectivity index (χ3n) is 3.72. The Balaban J connectivity index is 2.13. The van der Waals surface area contributed by atoms with Gasteiger partial charge in [0.05, 0.1) is 31.3 Å². The van der Waals surface area contributed by atoms with Crippen LogP contribution in [0.25, 0.3) is 0 Å². The van der Waals surface area contributed by atoms with Crippen LogP contribution in [-0.4, -0.2) is 37.7 Å². The summed E-state index contributed by atoms with van der Waals surface area (Å²) in [6.07, 6.45) is -0.0397. The fraction of sp³-hybridized carbons (Fsp3) is 0.350. The summed E-state index contributed by atoms with van der Waals surface area (Å²) >= 11 is 5.99. The standard InChI is InChI=1S/C20H22ClNO7/c1-4-26-19(24)16-12(3)29-18(17(16)20(25)27-5-2)22-15(23)10-11-28-14-9-7-6-8-13(14)21/h6-9H,4-5,10-11H2,1-3H3,(H,22,23). The van der Waals surface area contributed by atoms with Crippen LogP contribution in [0.2, 0.25) is 5.02 Å². The van der Waals surface area contributed by atoms with Gasteiger partial charge in [-0.1, -0.05) is 23.7 Å². The minimum atomic E-state index is -0.796. The highest BCUT2D eigenvalue weighted by molar-refractivity contribution is 6.32. The van der Waals surface area contributed by atoms with Gasteiger partial charge in [-0.05, 0) is 32.9 Å². The average Bonchev–Trinajstić information content (AvgIpc) is 2.99. The van der Waals surface area contributed by atoms with Crippen molar-refractivity contribution in [1.82, 2.24) is 0 Å². The van der Waals surface area contributed by atoms with Crippen molar-refractivity contribution in [2.75, 3.05) is 25.1 Å². The molecule has 1 N–H and O–H groups in total. The second-order valence-corrected chi connectivity index (χ2v) is 6.16. The summed E-state index contributed by atoms with van der Waals surface area (Å²) in [6, 6.07) is 6.88. The molecular weight excluding hydrogens is 402 g/mol. The molecule has 0 saturated carbocycles. The summed E-state index contributed by atoms with van der Waals surface area (Å²) in [4.78, 5) is 36.8. The first-order chi connectivity index (χ1) is 13.9. The number of ether oxygens (including phenoxy) is 3. The monoisotopic (exact) mass is 423 g/mol. The number of aryl methyl sites for hydroxylation is 1. The molecule has 156 valence electrons. The predicted molar refractivity (Wildman–Crippen MR) is 106 cm³/mol. The van der Waals surface area contributed by atoms with Gasteiger partial charge in [-0.25, -0.2) is 9.59 Å². The molecule has 2 rings (SSSR count). The third kappa shape index (κ3) is 5.74. The summed E-state index contributed by atoms with van der Waals surface area (Å²) in [5, 5.41) is 2.91. The molecule has 0 spiro atoms. The lowest BCUT2D eigenvalue weighted by molar-refractivity contribution is -0.116. The van der Waals surface area contributed by atoms with Gasteiger partial charge in [-0.2, -0.15) is 0 Å². The van der Waals surface area contributed by atoms with Crippen LogP contribution in [0.1, 0.15) is 46.7 Å². The molecule has 0 bridgehead atoms. The molecule has 0 saturated heterocycles. The predicted octanol–water partition coefficient (Wildman–Crippen LogP) is 4.00. The number of hydrogen-bond donors (Lipinski definition) is 1. The Morgan fingerprint density at radius 1 is 1.03 bits per heavy atom. The number of esters is 2. The fourth-order valence-corrected chi connectivity index (χ4v) is 2.67. The third-order valence-corrected chi connectivity index (χ3v) is 4.03. The molecule has 0 aliphatic carbocycles. The summed E-state index contributed by atoms with van der Waals surface area (Å²) in [7, 11) is 0. The van der Waals surface area contributed by atoms with Gasteiger partial charge in [-0.3, -0.25) is 10.1 Å². The van der Waals surface area contributed by atoms with E-state index in [0.29, 0.717) is 10.8 Å². The quantitative estimate of drug-likeness (QED) is 0.607. The molecule has 1 amide bonds. The molecule has 9 heteroatoms. The first kappa shape index (κ1) is 22.3. The van der Waals surface area contributed by atoms with E-state index in [0.717, 1.165) is 0 Å². The summed E-state index contributed by atoms with van der Waals surface area (Å²) in [5.41, 5.74) is -0.254. The van der Waals surface area contributed by atoms with Gasteiger partial charge in [0.2, 0.25) is 11.8 Å². The van der Waals surface area contributed by atoms with Crippen LogP contribution in [0.3, 0.4) is 0 Å². The highest BCUT2D eigenvalue weighted by Gasteiger charge is 2.31. The number of nitrogens with one attached hydrogen (secondary N) is 1. The van der Waals surface area contributed by atoms with Gasteiger partial charge in [0.15, 0.2) is 0 Å². The van der Waals surface area contributed by atoms with Crippen LogP contribution in [0.15, 0.2) is 28.7 Å². The Bertz CT molecular complexity index is 891. The average molecular weight is 424 g/mol. The maximum absolute atomic E-state index is 12.3. The van der Waals surface area contributed by atoms with Crippen LogP contribution >= 0.6 is 11.6 Å². The van der Waals surface area contributed by atoms with Crippen molar-refractivity contribution < 1.29 is 33.0 Å². The molecule has 0 atom stereocenters. The van der Waals surface area contributed by atoms with Gasteiger partial charge in [0, 0.05) is 0 Å². The zero-order chi connectivity index (χ0) is 21.4. The Morgan fingerprint density at radius 3 is 2.28 bits per heavy atom. The topological polar surface area (TPSA) is 104 Å². The van der Waals surface area contributed by atoms with Crippen molar-refractivity contribution in [2.24, 2.45) is 0 Å². The van der Waals surface area contributed by atoms with Crippen molar-refractivity contribution in [2.45, 2.75) is 27.2 Å². The molecule has 1 aromatic carbocycles. The molecule has 0 aliphatic heterocycles. The molecular formula is C20H22ClNO7. The number of benzene rings is 1. The largest absolute Gasteiger partial charge is 0.491 e. The number of hydrogen-bond acceptors (Lipinski definition) is 7. The smallest absolute Gasteiger partial charge is 0.344 e. The number of carbonyl (C=O) groups excluding carboxylic acids is 3. The van der Waals surface area contributed by atoms with E-state index >= 15 is 0 Å². The van der Waals surface area contributed by atoms with Gasteiger partial charge in [0.1, 0.15) is 22.6 Å². The SMILES string of the molecule is CCOC(=O)c1c(C)oc(NC(=O)CCOc2ccccc2Cl)c1C(=O)OCC. The highest BCUT2D eigenvalue weighted by Crippen LogP contribution is 2.29. The van der Waals surface area contributed by atoms with Gasteiger partial charge >= 0.3 is 11.9 Å². The van der Waals surface area contributed by atoms with E-state index in [2.05, 4.69) is 5.32 Å². The van der Waals surface area contributed by atoms with E-state index < -0.39 is 17.8 Å². The van der Waals surface area contributed by atoms with Crippen molar-refractivity contribution in [1.29, 1.82) is 0 Å². The van der Waals surface area contributed by atoms with E-state index in [9.17, 15) is 14.4 Å². The normalized spacial score (nSPS) is 10.3. The molecule has 29 heavy (non-hydrogen) atoms. The lowest BCUT2D eigenvalue weighted by atomic mass is 10.1. The number of amides is 1. The first-order valence-corrected chi connectivity index (χ1v) is 9.41. The minimum Gasteiger partial charge on any atom is -0.491 e. The van der Waals surface area contributed by atoms with Crippen LogP contribution in [0.5, 0.6) is 5.75 Å². The van der Waals surface area contributed by atoms with E-state index in [1.807, 2.05) is 0 Å². The molecule has 1 aromatic heterocycles. The Kier molecular flexibility index (Phi) is 8.09. The molecule has 2 aromatic rings. The maximum Gasteiger partial charge on any atom is 0.344 e. The van der Waals surface area contributed by atoms with E-state index in [-0.39, 0.29) is 49.0 Å². The van der Waals surface area contributed by atoms with Gasteiger partial charge in [0.25, 0.3) is 0 Å².